The largest absolute Gasteiger partial charge is 0.330 e. The first-order valence-electron chi connectivity index (χ1n) is 5.71. The highest BCUT2D eigenvalue weighted by molar-refractivity contribution is 4.73. The molecule has 0 radical (unpaired) electrons. The van der Waals surface area contributed by atoms with Crippen molar-refractivity contribution >= 4 is 0 Å². The smallest absolute Gasteiger partial charge is 0.00791 e. The van der Waals surface area contributed by atoms with E-state index in [0.29, 0.717) is 12.0 Å². The van der Waals surface area contributed by atoms with Gasteiger partial charge < -0.3 is 11.5 Å². The minimum Gasteiger partial charge on any atom is -0.330 e. The summed E-state index contributed by atoms with van der Waals surface area (Å²) in [6.45, 7) is 5.16. The van der Waals surface area contributed by atoms with E-state index in [2.05, 4.69) is 13.8 Å². The normalized spacial score (nSPS) is 15.7. The number of nitrogens with two attached hydrogens (primary N) is 2. The molecule has 0 amide bonds. The van der Waals surface area contributed by atoms with Gasteiger partial charge in [-0.1, -0.05) is 39.5 Å². The fraction of sp³-hybridized carbons (Fsp3) is 1.00. The second-order valence-corrected chi connectivity index (χ2v) is 3.94. The molecule has 0 heterocycles. The molecule has 2 heteroatoms. The summed E-state index contributed by atoms with van der Waals surface area (Å²) in [5.74, 6) is 0.548. The van der Waals surface area contributed by atoms with Crippen LogP contribution in [-0.4, -0.2) is 12.6 Å². The van der Waals surface area contributed by atoms with Gasteiger partial charge in [0.25, 0.3) is 0 Å². The van der Waals surface area contributed by atoms with Crippen LogP contribution in [0.1, 0.15) is 52.4 Å². The lowest BCUT2D eigenvalue weighted by atomic mass is 9.91. The lowest BCUT2D eigenvalue weighted by Crippen LogP contribution is -2.34. The van der Waals surface area contributed by atoms with Gasteiger partial charge in [0.15, 0.2) is 0 Å². The number of unbranched alkanes of at least 4 members (excludes halogenated alkanes) is 2. The third-order valence-corrected chi connectivity index (χ3v) is 2.71. The van der Waals surface area contributed by atoms with Crippen LogP contribution in [0.2, 0.25) is 0 Å². The molecule has 0 spiro atoms. The Balaban J connectivity index is 3.60. The molecule has 0 aromatic carbocycles. The van der Waals surface area contributed by atoms with E-state index < -0.39 is 0 Å². The molecule has 2 unspecified atom stereocenters. The minimum atomic E-state index is 0.326. The van der Waals surface area contributed by atoms with Gasteiger partial charge in [-0.15, -0.1) is 0 Å². The van der Waals surface area contributed by atoms with Gasteiger partial charge in [-0.25, -0.2) is 0 Å². The van der Waals surface area contributed by atoms with Gasteiger partial charge in [-0.2, -0.15) is 0 Å². The Hall–Kier alpha value is -0.0800. The Labute approximate surface area is 83.1 Å². The van der Waals surface area contributed by atoms with Crippen LogP contribution in [-0.2, 0) is 0 Å². The Morgan fingerprint density at radius 1 is 1.00 bits per heavy atom. The maximum atomic E-state index is 6.04. The van der Waals surface area contributed by atoms with E-state index in [9.17, 15) is 0 Å². The lowest BCUT2D eigenvalue weighted by molar-refractivity contribution is 0.368. The van der Waals surface area contributed by atoms with Gasteiger partial charge in [0.1, 0.15) is 0 Å². The molecule has 0 aliphatic rings. The zero-order chi connectivity index (χ0) is 10.1. The SMILES string of the molecule is CCCCCC(CN)C(N)CCC. The van der Waals surface area contributed by atoms with E-state index in [1.807, 2.05) is 0 Å². The molecule has 80 valence electrons. The molecule has 2 atom stereocenters. The topological polar surface area (TPSA) is 52.0 Å². The summed E-state index contributed by atoms with van der Waals surface area (Å²) in [7, 11) is 0. The second kappa shape index (κ2) is 8.52. The molecule has 0 saturated heterocycles. The van der Waals surface area contributed by atoms with E-state index >= 15 is 0 Å². The first kappa shape index (κ1) is 12.9. The Morgan fingerprint density at radius 3 is 2.15 bits per heavy atom. The Bertz CT molecular complexity index is 104. The van der Waals surface area contributed by atoms with Crippen molar-refractivity contribution in [1.29, 1.82) is 0 Å². The van der Waals surface area contributed by atoms with Crippen molar-refractivity contribution in [1.82, 2.24) is 0 Å². The van der Waals surface area contributed by atoms with Crippen LogP contribution in [0.4, 0.5) is 0 Å². The second-order valence-electron chi connectivity index (χ2n) is 3.94. The van der Waals surface area contributed by atoms with Crippen LogP contribution < -0.4 is 11.5 Å². The van der Waals surface area contributed by atoms with E-state index in [1.54, 1.807) is 0 Å². The standard InChI is InChI=1S/C11H26N2/c1-3-5-6-8-10(9-12)11(13)7-4-2/h10-11H,3-9,12-13H2,1-2H3. The average Bonchev–Trinajstić information content (AvgIpc) is 2.13. The minimum absolute atomic E-state index is 0.326. The molecular weight excluding hydrogens is 160 g/mol. The predicted molar refractivity (Wildman–Crippen MR) is 59.6 cm³/mol. The van der Waals surface area contributed by atoms with E-state index in [-0.39, 0.29) is 0 Å². The van der Waals surface area contributed by atoms with Gasteiger partial charge in [0.2, 0.25) is 0 Å². The van der Waals surface area contributed by atoms with Gasteiger partial charge in [-0.3, -0.25) is 0 Å². The highest BCUT2D eigenvalue weighted by atomic mass is 14.7. The molecule has 0 aromatic rings. The van der Waals surface area contributed by atoms with Gasteiger partial charge in [0, 0.05) is 6.04 Å². The van der Waals surface area contributed by atoms with Crippen LogP contribution in [0.25, 0.3) is 0 Å². The maximum Gasteiger partial charge on any atom is 0.00791 e. The van der Waals surface area contributed by atoms with Gasteiger partial charge >= 0.3 is 0 Å². The Morgan fingerprint density at radius 2 is 1.69 bits per heavy atom. The van der Waals surface area contributed by atoms with Crippen LogP contribution in [0.5, 0.6) is 0 Å². The van der Waals surface area contributed by atoms with Crippen molar-refractivity contribution in [3.8, 4) is 0 Å². The van der Waals surface area contributed by atoms with Crippen molar-refractivity contribution < 1.29 is 0 Å². The first-order chi connectivity index (χ1) is 6.26. The van der Waals surface area contributed by atoms with Crippen molar-refractivity contribution in [2.75, 3.05) is 6.54 Å². The quantitative estimate of drug-likeness (QED) is 0.571. The summed E-state index contributed by atoms with van der Waals surface area (Å²) >= 11 is 0. The van der Waals surface area contributed by atoms with Crippen LogP contribution in [0.15, 0.2) is 0 Å². The molecule has 0 fully saturated rings. The summed E-state index contributed by atoms with van der Waals surface area (Å²) < 4.78 is 0. The molecule has 0 rings (SSSR count). The van der Waals surface area contributed by atoms with E-state index in [4.69, 9.17) is 11.5 Å². The van der Waals surface area contributed by atoms with Crippen LogP contribution >= 0.6 is 0 Å². The molecule has 0 aliphatic heterocycles. The summed E-state index contributed by atoms with van der Waals surface area (Å²) in [5.41, 5.74) is 11.7. The number of rotatable bonds is 8. The van der Waals surface area contributed by atoms with E-state index in [0.717, 1.165) is 13.0 Å². The summed E-state index contributed by atoms with van der Waals surface area (Å²) in [4.78, 5) is 0. The monoisotopic (exact) mass is 186 g/mol. The predicted octanol–water partition coefficient (Wildman–Crippen LogP) is 2.27. The highest BCUT2D eigenvalue weighted by Gasteiger charge is 2.14. The van der Waals surface area contributed by atoms with E-state index in [1.165, 1.54) is 32.1 Å². The summed E-state index contributed by atoms with van der Waals surface area (Å²) in [5, 5.41) is 0. The van der Waals surface area contributed by atoms with Crippen molar-refractivity contribution in [3.63, 3.8) is 0 Å². The van der Waals surface area contributed by atoms with Gasteiger partial charge in [-0.05, 0) is 25.3 Å². The summed E-state index contributed by atoms with van der Waals surface area (Å²) in [6, 6.07) is 0.326. The molecular formula is C11H26N2. The maximum absolute atomic E-state index is 6.04. The van der Waals surface area contributed by atoms with Crippen molar-refractivity contribution in [2.24, 2.45) is 17.4 Å². The lowest BCUT2D eigenvalue weighted by Gasteiger charge is -2.21. The van der Waals surface area contributed by atoms with Crippen molar-refractivity contribution in [3.05, 3.63) is 0 Å². The highest BCUT2D eigenvalue weighted by Crippen LogP contribution is 2.14. The summed E-state index contributed by atoms with van der Waals surface area (Å²) in [6.07, 6.45) is 7.39. The fourth-order valence-electron chi connectivity index (χ4n) is 1.73. The molecule has 13 heavy (non-hydrogen) atoms. The molecule has 0 aromatic heterocycles. The molecule has 0 bridgehead atoms. The molecule has 4 N–H and O–H groups in total. The van der Waals surface area contributed by atoms with Crippen LogP contribution in [0, 0.1) is 5.92 Å². The number of hydrogen-bond donors (Lipinski definition) is 2. The molecule has 0 aliphatic carbocycles. The Kier molecular flexibility index (Phi) is 8.46. The number of hydrogen-bond acceptors (Lipinski definition) is 2. The van der Waals surface area contributed by atoms with Crippen LogP contribution in [0.3, 0.4) is 0 Å². The first-order valence-corrected chi connectivity index (χ1v) is 5.71. The van der Waals surface area contributed by atoms with Crippen molar-refractivity contribution in [2.45, 2.75) is 58.4 Å². The third kappa shape index (κ3) is 6.05. The molecule has 0 saturated carbocycles. The average molecular weight is 186 g/mol. The fourth-order valence-corrected chi connectivity index (χ4v) is 1.73. The zero-order valence-corrected chi connectivity index (χ0v) is 9.26. The molecule has 2 nitrogen and oxygen atoms in total. The third-order valence-electron chi connectivity index (χ3n) is 2.71. The van der Waals surface area contributed by atoms with Gasteiger partial charge in [0.05, 0.1) is 0 Å². The zero-order valence-electron chi connectivity index (χ0n) is 9.26.